The lowest BCUT2D eigenvalue weighted by Crippen LogP contribution is -2.48. The van der Waals surface area contributed by atoms with Gasteiger partial charge < -0.3 is 4.74 Å². The molecule has 1 saturated heterocycles. The molecule has 12 heteroatoms. The highest BCUT2D eigenvalue weighted by Gasteiger charge is 2.32. The number of carbonyl (C=O) groups excluding carboxylic acids is 1. The molecule has 8 nitrogen and oxygen atoms in total. The van der Waals surface area contributed by atoms with Crippen LogP contribution in [0.4, 0.5) is 13.9 Å². The van der Waals surface area contributed by atoms with Gasteiger partial charge in [-0.15, -0.1) is 10.2 Å². The van der Waals surface area contributed by atoms with Crippen molar-refractivity contribution < 1.29 is 26.7 Å². The van der Waals surface area contributed by atoms with Crippen molar-refractivity contribution in [3.63, 3.8) is 0 Å². The van der Waals surface area contributed by atoms with Crippen LogP contribution in [-0.2, 0) is 14.8 Å². The van der Waals surface area contributed by atoms with Crippen LogP contribution < -0.4 is 5.32 Å². The van der Waals surface area contributed by atoms with Crippen LogP contribution in [0, 0.1) is 0 Å². The zero-order chi connectivity index (χ0) is 20.5. The van der Waals surface area contributed by atoms with Crippen molar-refractivity contribution in [2.75, 3.05) is 18.4 Å². The summed E-state index contributed by atoms with van der Waals surface area (Å²) in [6.45, 7) is 4.00. The highest BCUT2D eigenvalue weighted by Crippen LogP contribution is 2.26. The molecule has 0 radical (unpaired) electrons. The molecule has 2 heterocycles. The maximum atomic E-state index is 12.9. The molecule has 1 aromatic heterocycles. The van der Waals surface area contributed by atoms with E-state index in [-0.39, 0.29) is 40.9 Å². The maximum Gasteiger partial charge on any atom is 0.291 e. The van der Waals surface area contributed by atoms with Gasteiger partial charge in [-0.1, -0.05) is 17.4 Å². The average Bonchev–Trinajstić information content (AvgIpc) is 3.10. The number of halogens is 2. The van der Waals surface area contributed by atoms with Gasteiger partial charge in [0.1, 0.15) is 0 Å². The Morgan fingerprint density at radius 1 is 1.29 bits per heavy atom. The van der Waals surface area contributed by atoms with E-state index in [0.29, 0.717) is 11.3 Å². The molecule has 2 unspecified atom stereocenters. The number of morpholine rings is 1. The van der Waals surface area contributed by atoms with Crippen LogP contribution in [0.15, 0.2) is 29.2 Å². The second-order valence-electron chi connectivity index (χ2n) is 6.31. The number of anilines is 1. The third-order valence-electron chi connectivity index (χ3n) is 3.97. The van der Waals surface area contributed by atoms with E-state index in [1.165, 1.54) is 28.6 Å². The third kappa shape index (κ3) is 4.51. The number of carbonyl (C=O) groups is 1. The monoisotopic (exact) mass is 432 g/mol. The fourth-order valence-corrected chi connectivity index (χ4v) is 5.05. The molecule has 1 aliphatic rings. The molecule has 1 amide bonds. The topological polar surface area (TPSA) is 101 Å². The van der Waals surface area contributed by atoms with Crippen LogP contribution >= 0.6 is 11.3 Å². The molecular formula is C16H18F2N4O4S2. The van der Waals surface area contributed by atoms with Crippen LogP contribution in [0.1, 0.15) is 35.6 Å². The second kappa shape index (κ2) is 8.15. The average molecular weight is 432 g/mol. The highest BCUT2D eigenvalue weighted by molar-refractivity contribution is 7.89. The molecule has 2 atom stereocenters. The van der Waals surface area contributed by atoms with Crippen molar-refractivity contribution in [2.24, 2.45) is 0 Å². The van der Waals surface area contributed by atoms with Gasteiger partial charge in [0.05, 0.1) is 17.1 Å². The maximum absolute atomic E-state index is 12.9. The summed E-state index contributed by atoms with van der Waals surface area (Å²) in [5.41, 5.74) is 0.0595. The van der Waals surface area contributed by atoms with Crippen LogP contribution in [0.2, 0.25) is 0 Å². The fourth-order valence-electron chi connectivity index (χ4n) is 2.82. The van der Waals surface area contributed by atoms with Gasteiger partial charge in [0.2, 0.25) is 15.2 Å². The van der Waals surface area contributed by atoms with Crippen molar-refractivity contribution in [1.29, 1.82) is 0 Å². The number of amides is 1. The fraction of sp³-hybridized carbons (Fsp3) is 0.438. The Labute approximate surface area is 164 Å². The molecule has 0 aliphatic carbocycles. The Bertz CT molecular complexity index is 957. The number of nitrogens with zero attached hydrogens (tertiary/aromatic N) is 3. The summed E-state index contributed by atoms with van der Waals surface area (Å²) >= 11 is 0.552. The van der Waals surface area contributed by atoms with E-state index in [1.54, 1.807) is 13.8 Å². The zero-order valence-corrected chi connectivity index (χ0v) is 16.6. The number of ether oxygens (including phenoxy) is 1. The van der Waals surface area contributed by atoms with E-state index >= 15 is 0 Å². The normalized spacial score (nSPS) is 21.0. The second-order valence-corrected chi connectivity index (χ2v) is 9.25. The number of nitrogens with one attached hydrogen (secondary N) is 1. The van der Waals surface area contributed by atoms with Crippen molar-refractivity contribution in [2.45, 2.75) is 37.4 Å². The first-order valence-corrected chi connectivity index (χ1v) is 10.6. The van der Waals surface area contributed by atoms with Gasteiger partial charge in [0.15, 0.2) is 5.01 Å². The zero-order valence-electron chi connectivity index (χ0n) is 15.0. The Balaban J connectivity index is 1.80. The lowest BCUT2D eigenvalue weighted by atomic mass is 10.2. The van der Waals surface area contributed by atoms with Crippen LogP contribution in [0.5, 0.6) is 0 Å². The molecule has 1 N–H and O–H groups in total. The number of benzene rings is 1. The van der Waals surface area contributed by atoms with Crippen LogP contribution in [-0.4, -0.2) is 54.1 Å². The number of sulfonamides is 1. The van der Waals surface area contributed by atoms with E-state index < -0.39 is 27.4 Å². The van der Waals surface area contributed by atoms with Gasteiger partial charge in [-0.3, -0.25) is 10.1 Å². The van der Waals surface area contributed by atoms with Gasteiger partial charge >= 0.3 is 0 Å². The highest BCUT2D eigenvalue weighted by atomic mass is 32.2. The van der Waals surface area contributed by atoms with Crippen molar-refractivity contribution in [1.82, 2.24) is 14.5 Å². The summed E-state index contributed by atoms with van der Waals surface area (Å²) in [7, 11) is -3.82. The predicted molar refractivity (Wildman–Crippen MR) is 98.0 cm³/mol. The van der Waals surface area contributed by atoms with E-state index in [2.05, 4.69) is 15.5 Å². The van der Waals surface area contributed by atoms with Crippen molar-refractivity contribution in [3.05, 3.63) is 34.8 Å². The van der Waals surface area contributed by atoms with E-state index in [9.17, 15) is 22.0 Å². The molecule has 28 heavy (non-hydrogen) atoms. The predicted octanol–water partition coefficient (Wildman–Crippen LogP) is 2.53. The van der Waals surface area contributed by atoms with Crippen molar-refractivity contribution >= 4 is 32.4 Å². The minimum atomic E-state index is -3.82. The molecule has 1 aromatic carbocycles. The SMILES string of the molecule is CC1CN(S(=O)(=O)c2cccc(C(=O)Nc3nnc(C(F)F)s3)c2)CC(C)O1. The van der Waals surface area contributed by atoms with E-state index in [4.69, 9.17) is 4.74 Å². The van der Waals surface area contributed by atoms with E-state index in [0.717, 1.165) is 0 Å². The molecule has 2 aromatic rings. The quantitative estimate of drug-likeness (QED) is 0.779. The van der Waals surface area contributed by atoms with Gasteiger partial charge in [0, 0.05) is 18.7 Å². The molecule has 3 rings (SSSR count). The summed E-state index contributed by atoms with van der Waals surface area (Å²) < 4.78 is 57.9. The number of rotatable bonds is 5. The summed E-state index contributed by atoms with van der Waals surface area (Å²) in [4.78, 5) is 12.3. The first kappa shape index (κ1) is 20.7. The first-order valence-electron chi connectivity index (χ1n) is 8.35. The number of alkyl halides is 2. The first-order chi connectivity index (χ1) is 13.2. The number of hydrogen-bond acceptors (Lipinski definition) is 7. The summed E-state index contributed by atoms with van der Waals surface area (Å²) in [5.74, 6) is -0.669. The van der Waals surface area contributed by atoms with Gasteiger partial charge in [-0.2, -0.15) is 4.31 Å². The van der Waals surface area contributed by atoms with Gasteiger partial charge in [0.25, 0.3) is 12.3 Å². The molecule has 1 fully saturated rings. The standard InChI is InChI=1S/C16H18F2N4O4S2/c1-9-7-22(8-10(2)26-9)28(24,25)12-5-3-4-11(6-12)14(23)19-16-21-20-15(27-16)13(17)18/h3-6,9-10,13H,7-8H2,1-2H3,(H,19,21,23). The number of aromatic nitrogens is 2. The van der Waals surface area contributed by atoms with Crippen LogP contribution in [0.3, 0.4) is 0 Å². The largest absolute Gasteiger partial charge is 0.373 e. The molecule has 0 bridgehead atoms. The third-order valence-corrected chi connectivity index (χ3v) is 6.64. The summed E-state index contributed by atoms with van der Waals surface area (Å²) in [6.07, 6.45) is -3.27. The van der Waals surface area contributed by atoms with Crippen molar-refractivity contribution in [3.8, 4) is 0 Å². The Kier molecular flexibility index (Phi) is 6.03. The van der Waals surface area contributed by atoms with Gasteiger partial charge in [-0.05, 0) is 32.0 Å². The minimum Gasteiger partial charge on any atom is -0.373 e. The Morgan fingerprint density at radius 2 is 1.96 bits per heavy atom. The van der Waals surface area contributed by atoms with Gasteiger partial charge in [-0.25, -0.2) is 17.2 Å². The molecule has 152 valence electrons. The summed E-state index contributed by atoms with van der Waals surface area (Å²) in [5, 5.41) is 8.51. The molecule has 0 spiro atoms. The molecular weight excluding hydrogens is 414 g/mol. The number of hydrogen-bond donors (Lipinski definition) is 1. The van der Waals surface area contributed by atoms with E-state index in [1.807, 2.05) is 0 Å². The molecule has 0 saturated carbocycles. The lowest BCUT2D eigenvalue weighted by molar-refractivity contribution is -0.0440. The van der Waals surface area contributed by atoms with Crippen LogP contribution in [0.25, 0.3) is 0 Å². The smallest absolute Gasteiger partial charge is 0.291 e. The Morgan fingerprint density at radius 3 is 2.57 bits per heavy atom. The lowest BCUT2D eigenvalue weighted by Gasteiger charge is -2.34. The Hall–Kier alpha value is -2.02. The summed E-state index contributed by atoms with van der Waals surface area (Å²) in [6, 6.07) is 5.51. The molecule has 1 aliphatic heterocycles. The minimum absolute atomic E-state index is 0.0352.